The van der Waals surface area contributed by atoms with Crippen LogP contribution in [0.5, 0.6) is 0 Å². The fourth-order valence-electron chi connectivity index (χ4n) is 2.14. The number of nitrogens with zero attached hydrogens (tertiary/aromatic N) is 1. The second-order valence-electron chi connectivity index (χ2n) is 4.75. The molecule has 0 saturated heterocycles. The van der Waals surface area contributed by atoms with Gasteiger partial charge in [0.15, 0.2) is 0 Å². The van der Waals surface area contributed by atoms with Crippen LogP contribution >= 0.6 is 27.3 Å². The summed E-state index contributed by atoms with van der Waals surface area (Å²) in [5.41, 5.74) is 3.90. The zero-order valence-corrected chi connectivity index (χ0v) is 14.0. The fourth-order valence-corrected chi connectivity index (χ4v) is 3.43. The van der Waals surface area contributed by atoms with Gasteiger partial charge in [-0.3, -0.25) is 0 Å². The third-order valence-corrected chi connectivity index (χ3v) is 4.99. The van der Waals surface area contributed by atoms with Crippen molar-refractivity contribution in [2.75, 3.05) is 6.54 Å². The molecule has 0 aliphatic heterocycles. The Hall–Kier alpha value is -0.780. The van der Waals surface area contributed by atoms with E-state index in [0.717, 1.165) is 35.1 Å². The molecule has 2 aromatic rings. The number of benzene rings is 1. The van der Waals surface area contributed by atoms with E-state index in [1.165, 1.54) is 10.9 Å². The smallest absolute Gasteiger partial charge is 0.123 e. The van der Waals surface area contributed by atoms with Crippen molar-refractivity contribution in [3.05, 3.63) is 50.1 Å². The van der Waals surface area contributed by atoms with Crippen molar-refractivity contribution in [1.82, 2.24) is 10.3 Å². The number of aryl methyl sites for hydroxylation is 1. The molecule has 2 nitrogen and oxygen atoms in total. The summed E-state index contributed by atoms with van der Waals surface area (Å²) in [6.07, 6.45) is 1.82. The van der Waals surface area contributed by atoms with Crippen molar-refractivity contribution in [2.45, 2.75) is 32.7 Å². The van der Waals surface area contributed by atoms with Gasteiger partial charge in [-0.2, -0.15) is 0 Å². The van der Waals surface area contributed by atoms with Gasteiger partial charge in [-0.05, 0) is 50.1 Å². The van der Waals surface area contributed by atoms with Crippen LogP contribution in [0, 0.1) is 12.7 Å². The highest BCUT2D eigenvalue weighted by Crippen LogP contribution is 2.28. The van der Waals surface area contributed by atoms with Gasteiger partial charge in [0.1, 0.15) is 5.82 Å². The Morgan fingerprint density at radius 3 is 2.90 bits per heavy atom. The number of aromatic nitrogens is 1. The lowest BCUT2D eigenvalue weighted by atomic mass is 10.0. The molecule has 5 heteroatoms. The third-order valence-electron chi connectivity index (χ3n) is 3.17. The number of hydrogen-bond donors (Lipinski definition) is 1. The monoisotopic (exact) mass is 356 g/mol. The summed E-state index contributed by atoms with van der Waals surface area (Å²) in [5, 5.41) is 3.53. The summed E-state index contributed by atoms with van der Waals surface area (Å²) >= 11 is 5.16. The molecule has 0 bridgehead atoms. The molecular formula is C15H18BrFN2S. The predicted octanol–water partition coefficient (Wildman–Crippen LogP) is 4.64. The third kappa shape index (κ3) is 3.87. The average Bonchev–Trinajstić information content (AvgIpc) is 2.84. The van der Waals surface area contributed by atoms with Crippen LogP contribution in [0.4, 0.5) is 4.39 Å². The second-order valence-corrected chi connectivity index (χ2v) is 6.49. The van der Waals surface area contributed by atoms with Crippen molar-refractivity contribution in [1.29, 1.82) is 0 Å². The highest BCUT2D eigenvalue weighted by molar-refractivity contribution is 9.10. The molecule has 1 unspecified atom stereocenters. The van der Waals surface area contributed by atoms with Gasteiger partial charge in [0.05, 0.1) is 11.2 Å². The van der Waals surface area contributed by atoms with Gasteiger partial charge in [0.2, 0.25) is 0 Å². The number of hydrogen-bond acceptors (Lipinski definition) is 3. The van der Waals surface area contributed by atoms with E-state index in [9.17, 15) is 4.39 Å². The Morgan fingerprint density at radius 1 is 1.45 bits per heavy atom. The van der Waals surface area contributed by atoms with Crippen LogP contribution in [0.25, 0.3) is 0 Å². The highest BCUT2D eigenvalue weighted by Gasteiger charge is 2.17. The molecule has 0 aliphatic carbocycles. The fraction of sp³-hybridized carbons (Fsp3) is 0.400. The number of halogens is 2. The summed E-state index contributed by atoms with van der Waals surface area (Å²) in [7, 11) is 0. The zero-order valence-electron chi connectivity index (χ0n) is 11.6. The van der Waals surface area contributed by atoms with Gasteiger partial charge in [0, 0.05) is 15.4 Å². The molecule has 0 spiro atoms. The largest absolute Gasteiger partial charge is 0.309 e. The minimum absolute atomic E-state index is 0.181. The van der Waals surface area contributed by atoms with E-state index in [2.05, 4.69) is 33.2 Å². The van der Waals surface area contributed by atoms with Crippen LogP contribution in [0.15, 0.2) is 28.2 Å². The lowest BCUT2D eigenvalue weighted by molar-refractivity contribution is 0.530. The number of rotatable bonds is 6. The van der Waals surface area contributed by atoms with E-state index >= 15 is 0 Å². The molecule has 0 saturated carbocycles. The molecule has 1 heterocycles. The van der Waals surface area contributed by atoms with E-state index in [1.807, 2.05) is 12.4 Å². The van der Waals surface area contributed by atoms with Crippen LogP contribution in [0.1, 0.15) is 35.5 Å². The van der Waals surface area contributed by atoms with E-state index in [4.69, 9.17) is 0 Å². The molecule has 0 radical (unpaired) electrons. The molecule has 1 aromatic heterocycles. The van der Waals surface area contributed by atoms with Crippen LogP contribution in [-0.2, 0) is 6.42 Å². The second kappa shape index (κ2) is 7.29. The van der Waals surface area contributed by atoms with Crippen molar-refractivity contribution in [3.8, 4) is 0 Å². The maximum Gasteiger partial charge on any atom is 0.123 e. The Kier molecular flexibility index (Phi) is 5.69. The summed E-state index contributed by atoms with van der Waals surface area (Å²) in [4.78, 5) is 5.55. The van der Waals surface area contributed by atoms with Crippen molar-refractivity contribution in [3.63, 3.8) is 0 Å². The molecule has 1 aromatic carbocycles. The van der Waals surface area contributed by atoms with Crippen molar-refractivity contribution in [2.24, 2.45) is 0 Å². The van der Waals surface area contributed by atoms with Crippen LogP contribution < -0.4 is 5.32 Å². The lowest BCUT2D eigenvalue weighted by Crippen LogP contribution is -2.24. The summed E-state index contributed by atoms with van der Waals surface area (Å²) < 4.78 is 14.4. The first-order valence-electron chi connectivity index (χ1n) is 6.69. The van der Waals surface area contributed by atoms with Crippen LogP contribution in [0.3, 0.4) is 0 Å². The maximum absolute atomic E-state index is 13.4. The predicted molar refractivity (Wildman–Crippen MR) is 85.7 cm³/mol. The molecule has 1 N–H and O–H groups in total. The first-order chi connectivity index (χ1) is 9.61. The van der Waals surface area contributed by atoms with Gasteiger partial charge < -0.3 is 5.32 Å². The van der Waals surface area contributed by atoms with Gasteiger partial charge in [-0.25, -0.2) is 9.37 Å². The van der Waals surface area contributed by atoms with E-state index in [1.54, 1.807) is 23.5 Å². The zero-order chi connectivity index (χ0) is 14.5. The Morgan fingerprint density at radius 2 is 2.25 bits per heavy atom. The van der Waals surface area contributed by atoms with Gasteiger partial charge in [-0.1, -0.05) is 22.9 Å². The highest BCUT2D eigenvalue weighted by atomic mass is 79.9. The van der Waals surface area contributed by atoms with E-state index < -0.39 is 0 Å². The molecule has 20 heavy (non-hydrogen) atoms. The minimum Gasteiger partial charge on any atom is -0.309 e. The molecule has 0 amide bonds. The molecule has 0 aliphatic rings. The van der Waals surface area contributed by atoms with Crippen molar-refractivity contribution >= 4 is 27.3 Å². The lowest BCUT2D eigenvalue weighted by Gasteiger charge is -2.18. The van der Waals surface area contributed by atoms with E-state index in [0.29, 0.717) is 0 Å². The molecule has 0 fully saturated rings. The van der Waals surface area contributed by atoms with Crippen LogP contribution in [0.2, 0.25) is 0 Å². The Labute approximate surface area is 131 Å². The van der Waals surface area contributed by atoms with Gasteiger partial charge in [-0.15, -0.1) is 11.3 Å². The molecule has 1 atom stereocenters. The summed E-state index contributed by atoms with van der Waals surface area (Å²) in [6, 6.07) is 5.02. The maximum atomic E-state index is 13.4. The number of thiazole rings is 1. The minimum atomic E-state index is -0.196. The number of nitrogens with one attached hydrogen (secondary N) is 1. The SMILES string of the molecule is CCCNC(Cc1cc(F)ccc1Br)c1scnc1C. The van der Waals surface area contributed by atoms with Gasteiger partial charge in [0.25, 0.3) is 0 Å². The van der Waals surface area contributed by atoms with Crippen molar-refractivity contribution < 1.29 is 4.39 Å². The first kappa shape index (κ1) is 15.6. The first-order valence-corrected chi connectivity index (χ1v) is 8.36. The van der Waals surface area contributed by atoms with Gasteiger partial charge >= 0.3 is 0 Å². The average molecular weight is 357 g/mol. The topological polar surface area (TPSA) is 24.9 Å². The normalized spacial score (nSPS) is 12.6. The Balaban J connectivity index is 2.23. The van der Waals surface area contributed by atoms with E-state index in [-0.39, 0.29) is 11.9 Å². The summed E-state index contributed by atoms with van der Waals surface area (Å²) in [5.74, 6) is -0.196. The molecule has 108 valence electrons. The standard InChI is InChI=1S/C15H18BrFN2S/c1-3-6-18-14(15-10(2)19-9-20-15)8-11-7-12(17)4-5-13(11)16/h4-5,7,9,14,18H,3,6,8H2,1-2H3. The Bertz CT molecular complexity index is 571. The van der Waals surface area contributed by atoms with Crippen LogP contribution in [-0.4, -0.2) is 11.5 Å². The summed E-state index contributed by atoms with van der Waals surface area (Å²) in [6.45, 7) is 5.10. The molecule has 2 rings (SSSR count). The quantitative estimate of drug-likeness (QED) is 0.815. The molecular weight excluding hydrogens is 339 g/mol.